The average molecular weight is 512 g/mol. The fourth-order valence-electron chi connectivity index (χ4n) is 0.139. The van der Waals surface area contributed by atoms with E-state index in [0.717, 1.165) is 0 Å². The van der Waals surface area contributed by atoms with E-state index in [-0.39, 0.29) is 50.4 Å². The minimum absolute atomic E-state index is 0. The van der Waals surface area contributed by atoms with Gasteiger partial charge in [0, 0.05) is 0 Å². The van der Waals surface area contributed by atoms with Crippen molar-refractivity contribution >= 4 is 73.8 Å². The van der Waals surface area contributed by atoms with Crippen LogP contribution in [0, 0.1) is 0 Å². The summed E-state index contributed by atoms with van der Waals surface area (Å²) < 4.78 is 31.1. The van der Waals surface area contributed by atoms with Gasteiger partial charge in [-0.15, -0.1) is 0 Å². The van der Waals surface area contributed by atoms with Crippen LogP contribution in [0.25, 0.3) is 0 Å². The fourth-order valence-corrected chi connectivity index (χ4v) is 1.25. The summed E-state index contributed by atoms with van der Waals surface area (Å²) >= 11 is 0. The molecule has 0 amide bonds. The van der Waals surface area contributed by atoms with E-state index < -0.39 is 23.5 Å². The molecule has 0 spiro atoms. The van der Waals surface area contributed by atoms with Crippen LogP contribution in [0.3, 0.4) is 0 Å². The van der Waals surface area contributed by atoms with E-state index in [0.29, 0.717) is 0 Å². The Morgan fingerprint density at radius 2 is 0.812 bits per heavy atom. The van der Waals surface area contributed by atoms with Crippen LogP contribution in [0.2, 0.25) is 0 Å². The normalized spacial score (nSPS) is 11.4. The third kappa shape index (κ3) is 56.1. The number of hydrogen-bond acceptors (Lipinski definition) is 4. The number of phosphoric acid groups is 3. The molecule has 98 valence electrons. The van der Waals surface area contributed by atoms with Gasteiger partial charge in [-0.1, -0.05) is 0 Å². The first-order chi connectivity index (χ1) is 5.71. The monoisotopic (exact) mass is 512 g/mol. The van der Waals surface area contributed by atoms with Crippen LogP contribution in [-0.2, 0) is 18.0 Å². The first-order valence-corrected chi connectivity index (χ1v) is 6.94. The Morgan fingerprint density at radius 3 is 0.812 bits per heavy atom. The topological polar surface area (TPSA) is 202 Å². The van der Waals surface area contributed by atoms with Gasteiger partial charge < -0.3 is 34.3 Å². The van der Waals surface area contributed by atoms with Crippen molar-refractivity contribution in [3.05, 3.63) is 0 Å². The van der Waals surface area contributed by atoms with E-state index in [1.807, 2.05) is 0 Å². The first-order valence-electron chi connectivity index (χ1n) is 2.31. The van der Waals surface area contributed by atoms with Gasteiger partial charge in [0.1, 0.15) is 0 Å². The average Bonchev–Trinajstić information content (AvgIpc) is 1.42. The predicted octanol–water partition coefficient (Wildman–Crippen LogP) is -3.57. The molecular formula is H11MgO11P3Pb. The molecular weight excluding hydrogens is 500 g/mol. The molecule has 0 fully saturated rings. The molecule has 0 unspecified atom stereocenters. The molecule has 7 N–H and O–H groups in total. The minimum atomic E-state index is -5.05. The molecule has 0 aromatic carbocycles. The Bertz CT molecular complexity index is 264. The second-order valence-corrected chi connectivity index (χ2v) is 5.22. The fraction of sp³-hybridized carbons (Fsp3) is 0. The van der Waals surface area contributed by atoms with Crippen LogP contribution >= 0.6 is 23.5 Å². The molecule has 0 rings (SSSR count). The predicted molar refractivity (Wildman–Crippen MR) is 56.5 cm³/mol. The summed E-state index contributed by atoms with van der Waals surface area (Å²) in [6.45, 7) is 0. The summed E-state index contributed by atoms with van der Waals surface area (Å²) in [5, 5.41) is 0. The third-order valence-electron chi connectivity index (χ3n) is 0.213. The van der Waals surface area contributed by atoms with Crippen molar-refractivity contribution in [2.24, 2.45) is 0 Å². The Labute approximate surface area is 125 Å². The molecule has 0 saturated carbocycles. The molecule has 0 atom stereocenters. The molecule has 0 heterocycles. The molecule has 0 aliphatic heterocycles. The molecule has 16 heteroatoms. The summed E-state index contributed by atoms with van der Waals surface area (Å²) in [4.78, 5) is 52.6. The summed E-state index contributed by atoms with van der Waals surface area (Å²) in [6, 6.07) is 0. The van der Waals surface area contributed by atoms with Gasteiger partial charge in [0.2, 0.25) is 0 Å². The Kier molecular flexibility index (Phi) is 16.5. The van der Waals surface area contributed by atoms with Crippen molar-refractivity contribution < 1.29 is 52.3 Å². The van der Waals surface area contributed by atoms with Gasteiger partial charge in [-0.05, 0) is 0 Å². The van der Waals surface area contributed by atoms with E-state index in [4.69, 9.17) is 38.8 Å². The van der Waals surface area contributed by atoms with Gasteiger partial charge in [-0.25, -0.2) is 13.7 Å². The zero-order valence-electron chi connectivity index (χ0n) is 6.81. The van der Waals surface area contributed by atoms with Crippen molar-refractivity contribution in [3.63, 3.8) is 0 Å². The second kappa shape index (κ2) is 9.92. The Balaban J connectivity index is -0.0000000904. The molecule has 0 aliphatic carbocycles. The summed E-state index contributed by atoms with van der Waals surface area (Å²) in [5.74, 6) is 0. The van der Waals surface area contributed by atoms with Crippen LogP contribution in [0.4, 0.5) is 0 Å². The maximum atomic E-state index is 9.63. The third-order valence-corrected chi connectivity index (χ3v) is 1.91. The standard InChI is InChI=1S/Mg.H4O7P2.H3O4P.Pb.4H/c;1-8(2,3)7-9(4,5)6;1-5(2,3)4;;;;;/h;(H2,1,2,3)(H2,4,5,6);(H3,1,2,3,4);;;;;. The molecule has 0 saturated heterocycles. The molecule has 2 radical (unpaired) electrons. The molecule has 0 aliphatic rings. The van der Waals surface area contributed by atoms with E-state index in [1.165, 1.54) is 0 Å². The zero-order chi connectivity index (χ0) is 12.2. The number of hydrogen-bond donors (Lipinski definition) is 7. The SMILES string of the molecule is O=P(O)(O)O.O=P(O)(O)OP(=O)(O)O.[MgH2].[PbH2]. The van der Waals surface area contributed by atoms with E-state index in [9.17, 15) is 9.13 Å². The quantitative estimate of drug-likeness (QED) is 0.143. The molecule has 16 heavy (non-hydrogen) atoms. The van der Waals surface area contributed by atoms with E-state index in [1.54, 1.807) is 0 Å². The molecule has 0 aromatic heterocycles. The zero-order valence-corrected chi connectivity index (χ0v) is 15.0. The van der Waals surface area contributed by atoms with Crippen molar-refractivity contribution in [1.82, 2.24) is 0 Å². The van der Waals surface area contributed by atoms with Crippen molar-refractivity contribution in [3.8, 4) is 0 Å². The van der Waals surface area contributed by atoms with Gasteiger partial charge in [-0.3, -0.25) is 0 Å². The van der Waals surface area contributed by atoms with Crippen molar-refractivity contribution in [2.75, 3.05) is 0 Å². The molecule has 11 nitrogen and oxygen atoms in total. The van der Waals surface area contributed by atoms with Crippen LogP contribution in [-0.4, -0.2) is 84.6 Å². The van der Waals surface area contributed by atoms with Crippen molar-refractivity contribution in [1.29, 1.82) is 0 Å². The second-order valence-electron chi connectivity index (χ2n) is 1.58. The molecule has 0 aromatic rings. The summed E-state index contributed by atoms with van der Waals surface area (Å²) in [5.41, 5.74) is 0. The maximum absolute atomic E-state index is 9.63. The van der Waals surface area contributed by atoms with Crippen LogP contribution in [0.15, 0.2) is 0 Å². The van der Waals surface area contributed by atoms with Gasteiger partial charge in [0.25, 0.3) is 0 Å². The Hall–Kier alpha value is 2.06. The van der Waals surface area contributed by atoms with Crippen LogP contribution < -0.4 is 0 Å². The van der Waals surface area contributed by atoms with Gasteiger partial charge in [-0.2, -0.15) is 4.31 Å². The number of rotatable bonds is 2. The Morgan fingerprint density at radius 1 is 0.688 bits per heavy atom. The van der Waals surface area contributed by atoms with Gasteiger partial charge in [0.15, 0.2) is 0 Å². The summed E-state index contributed by atoms with van der Waals surface area (Å²) in [7, 11) is -14.7. The first kappa shape index (κ1) is 26.6. The summed E-state index contributed by atoms with van der Waals surface area (Å²) in [6.07, 6.45) is 0. The van der Waals surface area contributed by atoms with Crippen LogP contribution in [0.1, 0.15) is 0 Å². The molecule has 0 bridgehead atoms. The van der Waals surface area contributed by atoms with Gasteiger partial charge in [0.05, 0.1) is 0 Å². The van der Waals surface area contributed by atoms with Crippen molar-refractivity contribution in [2.45, 2.75) is 0 Å². The van der Waals surface area contributed by atoms with Crippen LogP contribution in [0.5, 0.6) is 0 Å². The van der Waals surface area contributed by atoms with E-state index in [2.05, 4.69) is 4.31 Å². The van der Waals surface area contributed by atoms with Gasteiger partial charge >= 0.3 is 73.8 Å². The van der Waals surface area contributed by atoms with E-state index >= 15 is 0 Å².